The maximum atomic E-state index is 6.43. The van der Waals surface area contributed by atoms with Gasteiger partial charge in [0.15, 0.2) is 0 Å². The lowest BCUT2D eigenvalue weighted by Gasteiger charge is -2.24. The van der Waals surface area contributed by atoms with E-state index in [9.17, 15) is 0 Å². The Kier molecular flexibility index (Phi) is 6.09. The van der Waals surface area contributed by atoms with Crippen LogP contribution in [-0.2, 0) is 13.1 Å². The Bertz CT molecular complexity index is 554. The average molecular weight is 303 g/mol. The summed E-state index contributed by atoms with van der Waals surface area (Å²) in [5, 5.41) is 4.26. The Balaban J connectivity index is 2.16. The molecular formula is C18H23ClN2. The minimum Gasteiger partial charge on any atom is -0.369 e. The van der Waals surface area contributed by atoms with E-state index < -0.39 is 0 Å². The molecule has 2 aromatic rings. The van der Waals surface area contributed by atoms with Crippen molar-refractivity contribution in [2.75, 3.05) is 18.5 Å². The van der Waals surface area contributed by atoms with Crippen LogP contribution in [0.5, 0.6) is 0 Å². The summed E-state index contributed by atoms with van der Waals surface area (Å²) in [4.78, 5) is 2.22. The van der Waals surface area contributed by atoms with E-state index in [2.05, 4.69) is 54.5 Å². The van der Waals surface area contributed by atoms with Crippen molar-refractivity contribution in [3.8, 4) is 0 Å². The van der Waals surface area contributed by atoms with E-state index >= 15 is 0 Å². The number of rotatable bonds is 7. The molecule has 2 aromatic carbocycles. The van der Waals surface area contributed by atoms with Crippen LogP contribution in [-0.4, -0.2) is 13.6 Å². The molecule has 0 fully saturated rings. The summed E-state index contributed by atoms with van der Waals surface area (Å²) >= 11 is 6.43. The normalized spacial score (nSPS) is 10.6. The van der Waals surface area contributed by atoms with Crippen LogP contribution in [0.15, 0.2) is 48.5 Å². The van der Waals surface area contributed by atoms with E-state index in [0.717, 1.165) is 36.8 Å². The number of benzene rings is 2. The molecule has 21 heavy (non-hydrogen) atoms. The number of anilines is 1. The number of hydrogen-bond donors (Lipinski definition) is 1. The largest absolute Gasteiger partial charge is 0.369 e. The number of nitrogens with one attached hydrogen (secondary N) is 1. The fourth-order valence-electron chi connectivity index (χ4n) is 2.47. The van der Waals surface area contributed by atoms with Gasteiger partial charge in [0.1, 0.15) is 0 Å². The highest BCUT2D eigenvalue weighted by Crippen LogP contribution is 2.30. The molecule has 2 nitrogen and oxygen atoms in total. The van der Waals surface area contributed by atoms with Crippen LogP contribution >= 0.6 is 11.6 Å². The van der Waals surface area contributed by atoms with Crippen LogP contribution in [0.25, 0.3) is 0 Å². The molecule has 0 aromatic heterocycles. The first-order valence-corrected chi connectivity index (χ1v) is 7.83. The molecule has 3 heteroatoms. The standard InChI is InChI=1S/C18H23ClN2/c1-3-12-20-13-16-10-7-11-17(19)18(16)21(2)14-15-8-5-4-6-9-15/h4-11,20H,3,12-14H2,1-2H3. The monoisotopic (exact) mass is 302 g/mol. The zero-order valence-electron chi connectivity index (χ0n) is 12.8. The van der Waals surface area contributed by atoms with Crippen molar-refractivity contribution >= 4 is 17.3 Å². The lowest BCUT2D eigenvalue weighted by molar-refractivity contribution is 0.674. The summed E-state index contributed by atoms with van der Waals surface area (Å²) in [6.07, 6.45) is 1.13. The molecule has 0 saturated carbocycles. The van der Waals surface area contributed by atoms with Crippen LogP contribution in [0.2, 0.25) is 5.02 Å². The van der Waals surface area contributed by atoms with Gasteiger partial charge in [-0.25, -0.2) is 0 Å². The van der Waals surface area contributed by atoms with E-state index in [0.29, 0.717) is 0 Å². The third-order valence-electron chi connectivity index (χ3n) is 3.46. The van der Waals surface area contributed by atoms with Crippen molar-refractivity contribution in [2.45, 2.75) is 26.4 Å². The molecular weight excluding hydrogens is 280 g/mol. The lowest BCUT2D eigenvalue weighted by atomic mass is 10.1. The second kappa shape index (κ2) is 8.06. The molecule has 0 saturated heterocycles. The van der Waals surface area contributed by atoms with Crippen molar-refractivity contribution in [2.24, 2.45) is 0 Å². The van der Waals surface area contributed by atoms with Gasteiger partial charge in [-0.15, -0.1) is 0 Å². The highest BCUT2D eigenvalue weighted by Gasteiger charge is 2.11. The third-order valence-corrected chi connectivity index (χ3v) is 3.76. The van der Waals surface area contributed by atoms with Crippen LogP contribution in [0.3, 0.4) is 0 Å². The van der Waals surface area contributed by atoms with Gasteiger partial charge in [-0.05, 0) is 30.2 Å². The highest BCUT2D eigenvalue weighted by molar-refractivity contribution is 6.33. The third kappa shape index (κ3) is 4.48. The van der Waals surface area contributed by atoms with Crippen molar-refractivity contribution in [1.82, 2.24) is 5.32 Å². The first-order valence-electron chi connectivity index (χ1n) is 7.45. The predicted molar refractivity (Wildman–Crippen MR) is 92.0 cm³/mol. The fourth-order valence-corrected chi connectivity index (χ4v) is 2.80. The molecule has 0 atom stereocenters. The van der Waals surface area contributed by atoms with Gasteiger partial charge in [-0.1, -0.05) is 61.0 Å². The molecule has 0 radical (unpaired) electrons. The summed E-state index contributed by atoms with van der Waals surface area (Å²) in [6.45, 7) is 4.90. The Morgan fingerprint density at radius 3 is 2.52 bits per heavy atom. The second-order valence-corrected chi connectivity index (χ2v) is 5.67. The van der Waals surface area contributed by atoms with Crippen LogP contribution in [0.1, 0.15) is 24.5 Å². The van der Waals surface area contributed by atoms with Gasteiger partial charge in [-0.3, -0.25) is 0 Å². The molecule has 0 amide bonds. The molecule has 0 heterocycles. The van der Waals surface area contributed by atoms with Gasteiger partial charge in [-0.2, -0.15) is 0 Å². The van der Waals surface area contributed by atoms with E-state index in [1.165, 1.54) is 11.1 Å². The Morgan fingerprint density at radius 2 is 1.81 bits per heavy atom. The predicted octanol–water partition coefficient (Wildman–Crippen LogP) is 4.48. The van der Waals surface area contributed by atoms with Crippen molar-refractivity contribution < 1.29 is 0 Å². The van der Waals surface area contributed by atoms with Crippen molar-refractivity contribution in [3.63, 3.8) is 0 Å². The van der Waals surface area contributed by atoms with Gasteiger partial charge in [0, 0.05) is 20.1 Å². The highest BCUT2D eigenvalue weighted by atomic mass is 35.5. The Labute approximate surface area is 132 Å². The van der Waals surface area contributed by atoms with E-state index in [4.69, 9.17) is 11.6 Å². The van der Waals surface area contributed by atoms with Crippen molar-refractivity contribution in [3.05, 3.63) is 64.7 Å². The van der Waals surface area contributed by atoms with E-state index in [1.807, 2.05) is 18.2 Å². The lowest BCUT2D eigenvalue weighted by Crippen LogP contribution is -2.21. The Morgan fingerprint density at radius 1 is 1.05 bits per heavy atom. The fraction of sp³-hybridized carbons (Fsp3) is 0.333. The smallest absolute Gasteiger partial charge is 0.0642 e. The number of halogens is 1. The van der Waals surface area contributed by atoms with Gasteiger partial charge in [0.25, 0.3) is 0 Å². The summed E-state index contributed by atoms with van der Waals surface area (Å²) < 4.78 is 0. The maximum absolute atomic E-state index is 6.43. The zero-order chi connectivity index (χ0) is 15.1. The van der Waals surface area contributed by atoms with Gasteiger partial charge in [0.2, 0.25) is 0 Å². The summed E-state index contributed by atoms with van der Waals surface area (Å²) in [6, 6.07) is 16.6. The van der Waals surface area contributed by atoms with Crippen molar-refractivity contribution in [1.29, 1.82) is 0 Å². The van der Waals surface area contributed by atoms with E-state index in [-0.39, 0.29) is 0 Å². The van der Waals surface area contributed by atoms with Crippen LogP contribution < -0.4 is 10.2 Å². The summed E-state index contributed by atoms with van der Waals surface area (Å²) in [5.41, 5.74) is 3.65. The maximum Gasteiger partial charge on any atom is 0.0642 e. The summed E-state index contributed by atoms with van der Waals surface area (Å²) in [7, 11) is 2.09. The van der Waals surface area contributed by atoms with Gasteiger partial charge >= 0.3 is 0 Å². The molecule has 112 valence electrons. The number of hydrogen-bond acceptors (Lipinski definition) is 2. The molecule has 1 N–H and O–H groups in total. The first-order chi connectivity index (χ1) is 10.2. The van der Waals surface area contributed by atoms with Crippen LogP contribution in [0.4, 0.5) is 5.69 Å². The molecule has 0 aliphatic heterocycles. The Hall–Kier alpha value is -1.51. The van der Waals surface area contributed by atoms with E-state index in [1.54, 1.807) is 0 Å². The topological polar surface area (TPSA) is 15.3 Å². The minimum absolute atomic E-state index is 0.809. The number of para-hydroxylation sites is 1. The minimum atomic E-state index is 0.809. The molecule has 2 rings (SSSR count). The zero-order valence-corrected chi connectivity index (χ0v) is 13.5. The molecule has 0 unspecified atom stereocenters. The van der Waals surface area contributed by atoms with Gasteiger partial charge in [0.05, 0.1) is 10.7 Å². The molecule has 0 aliphatic carbocycles. The molecule has 0 aliphatic rings. The average Bonchev–Trinajstić information content (AvgIpc) is 2.48. The first kappa shape index (κ1) is 15.9. The second-order valence-electron chi connectivity index (χ2n) is 5.27. The molecule has 0 spiro atoms. The summed E-state index contributed by atoms with van der Waals surface area (Å²) in [5.74, 6) is 0. The number of nitrogens with zero attached hydrogens (tertiary/aromatic N) is 1. The van der Waals surface area contributed by atoms with Gasteiger partial charge < -0.3 is 10.2 Å². The SMILES string of the molecule is CCCNCc1cccc(Cl)c1N(C)Cc1ccccc1. The quantitative estimate of drug-likeness (QED) is 0.759. The van der Waals surface area contributed by atoms with Crippen LogP contribution in [0, 0.1) is 0 Å². The molecule has 0 bridgehead atoms.